The monoisotopic (exact) mass is 492 g/mol. The molecule has 7 nitrogen and oxygen atoms in total. The fourth-order valence-corrected chi connectivity index (χ4v) is 4.59. The molecule has 8 heteroatoms. The van der Waals surface area contributed by atoms with E-state index in [-0.39, 0.29) is 17.9 Å². The molecule has 0 saturated carbocycles. The standard InChI is InChI=1S/C28H33FN4O3/c1-18-9-10-24(19(2)15-18)33-25(20-11-13-32(14-12-20)27(35)36-28(3,4)5)23(17-30-33)26(34)31-22-8-6-7-21(29)16-22/h6-10,15-17,20H,11-14H2,1-5H3,(H,31,34). The zero-order valence-corrected chi connectivity index (χ0v) is 21.5. The van der Waals surface area contributed by atoms with Crippen molar-refractivity contribution in [2.75, 3.05) is 18.4 Å². The Morgan fingerprint density at radius 1 is 1.08 bits per heavy atom. The third-order valence-corrected chi connectivity index (χ3v) is 6.25. The first kappa shape index (κ1) is 25.4. The van der Waals surface area contributed by atoms with Gasteiger partial charge < -0.3 is 15.0 Å². The van der Waals surface area contributed by atoms with Crippen LogP contribution in [0.5, 0.6) is 0 Å². The van der Waals surface area contributed by atoms with Crippen molar-refractivity contribution in [3.05, 3.63) is 76.9 Å². The molecule has 1 fully saturated rings. The minimum absolute atomic E-state index is 0.000138. The Morgan fingerprint density at radius 3 is 2.44 bits per heavy atom. The molecule has 0 bridgehead atoms. The van der Waals surface area contributed by atoms with Crippen LogP contribution in [0.4, 0.5) is 14.9 Å². The van der Waals surface area contributed by atoms with E-state index in [0.29, 0.717) is 37.2 Å². The van der Waals surface area contributed by atoms with Crippen LogP contribution in [-0.2, 0) is 4.74 Å². The van der Waals surface area contributed by atoms with Gasteiger partial charge in [-0.1, -0.05) is 23.8 Å². The highest BCUT2D eigenvalue weighted by Gasteiger charge is 2.32. The molecule has 0 atom stereocenters. The van der Waals surface area contributed by atoms with Crippen LogP contribution in [0.3, 0.4) is 0 Å². The van der Waals surface area contributed by atoms with Crippen molar-refractivity contribution in [2.45, 2.75) is 59.0 Å². The lowest BCUT2D eigenvalue weighted by Crippen LogP contribution is -2.41. The summed E-state index contributed by atoms with van der Waals surface area (Å²) in [6.07, 6.45) is 2.57. The average Bonchev–Trinajstić information content (AvgIpc) is 3.23. The van der Waals surface area contributed by atoms with Crippen LogP contribution in [-0.4, -0.2) is 45.4 Å². The van der Waals surface area contributed by atoms with Gasteiger partial charge in [-0.25, -0.2) is 13.9 Å². The quantitative estimate of drug-likeness (QED) is 0.485. The number of hydrogen-bond donors (Lipinski definition) is 1. The molecule has 4 rings (SSSR count). The third-order valence-electron chi connectivity index (χ3n) is 6.25. The molecule has 0 radical (unpaired) electrons. The van der Waals surface area contributed by atoms with Crippen LogP contribution >= 0.6 is 0 Å². The fraction of sp³-hybridized carbons (Fsp3) is 0.393. The Kier molecular flexibility index (Phi) is 7.15. The van der Waals surface area contributed by atoms with Crippen molar-refractivity contribution in [1.29, 1.82) is 0 Å². The number of aryl methyl sites for hydroxylation is 2. The van der Waals surface area contributed by atoms with Crippen molar-refractivity contribution >= 4 is 17.7 Å². The lowest BCUT2D eigenvalue weighted by Gasteiger charge is -2.34. The molecule has 0 aliphatic carbocycles. The largest absolute Gasteiger partial charge is 0.444 e. The fourth-order valence-electron chi connectivity index (χ4n) is 4.59. The predicted octanol–water partition coefficient (Wildman–Crippen LogP) is 6.00. The number of halogens is 1. The number of piperidine rings is 1. The summed E-state index contributed by atoms with van der Waals surface area (Å²) in [6, 6.07) is 11.9. The number of nitrogens with one attached hydrogen (secondary N) is 1. The van der Waals surface area contributed by atoms with Crippen LogP contribution < -0.4 is 5.32 Å². The number of carbonyl (C=O) groups excluding carboxylic acids is 2. The summed E-state index contributed by atoms with van der Waals surface area (Å²) in [5, 5.41) is 7.41. The van der Waals surface area contributed by atoms with Gasteiger partial charge in [-0.15, -0.1) is 0 Å². The number of anilines is 1. The molecule has 36 heavy (non-hydrogen) atoms. The summed E-state index contributed by atoms with van der Waals surface area (Å²) >= 11 is 0. The van der Waals surface area contributed by atoms with Gasteiger partial charge >= 0.3 is 6.09 Å². The first-order chi connectivity index (χ1) is 17.0. The molecular weight excluding hydrogens is 459 g/mol. The summed E-state index contributed by atoms with van der Waals surface area (Å²) in [5.74, 6) is -0.769. The Bertz CT molecular complexity index is 1270. The van der Waals surface area contributed by atoms with E-state index >= 15 is 0 Å². The summed E-state index contributed by atoms with van der Waals surface area (Å²) in [5.41, 5.74) is 4.13. The zero-order valence-electron chi connectivity index (χ0n) is 21.5. The highest BCUT2D eigenvalue weighted by molar-refractivity contribution is 6.05. The van der Waals surface area contributed by atoms with E-state index in [9.17, 15) is 14.0 Å². The average molecular weight is 493 g/mol. The number of rotatable bonds is 4. The van der Waals surface area contributed by atoms with Gasteiger partial charge in [0.25, 0.3) is 5.91 Å². The topological polar surface area (TPSA) is 76.5 Å². The molecule has 1 aromatic heterocycles. The number of hydrogen-bond acceptors (Lipinski definition) is 4. The van der Waals surface area contributed by atoms with E-state index in [0.717, 1.165) is 22.5 Å². The number of benzene rings is 2. The van der Waals surface area contributed by atoms with Gasteiger partial charge in [0.15, 0.2) is 0 Å². The molecule has 1 aliphatic heterocycles. The molecule has 1 aliphatic rings. The Labute approximate surface area is 211 Å². The number of amides is 2. The Balaban J connectivity index is 1.65. The van der Waals surface area contributed by atoms with Crippen LogP contribution in [0.2, 0.25) is 0 Å². The SMILES string of the molecule is Cc1ccc(-n2ncc(C(=O)Nc3cccc(F)c3)c2C2CCN(C(=O)OC(C)(C)C)CC2)c(C)c1. The van der Waals surface area contributed by atoms with Crippen LogP contribution in [0.25, 0.3) is 5.69 Å². The van der Waals surface area contributed by atoms with Gasteiger partial charge in [-0.3, -0.25) is 4.79 Å². The lowest BCUT2D eigenvalue weighted by atomic mass is 9.90. The second-order valence-corrected chi connectivity index (χ2v) is 10.4. The highest BCUT2D eigenvalue weighted by atomic mass is 19.1. The predicted molar refractivity (Wildman–Crippen MR) is 137 cm³/mol. The second-order valence-electron chi connectivity index (χ2n) is 10.4. The van der Waals surface area contributed by atoms with Crippen molar-refractivity contribution < 1.29 is 18.7 Å². The number of likely N-dealkylation sites (tertiary alicyclic amines) is 1. The summed E-state index contributed by atoms with van der Waals surface area (Å²) in [7, 11) is 0. The first-order valence-electron chi connectivity index (χ1n) is 12.2. The molecule has 3 aromatic rings. The van der Waals surface area contributed by atoms with E-state index in [1.165, 1.54) is 12.1 Å². The maximum absolute atomic E-state index is 13.7. The molecule has 0 spiro atoms. The minimum atomic E-state index is -0.558. The van der Waals surface area contributed by atoms with Gasteiger partial charge in [0.05, 0.1) is 23.1 Å². The second kappa shape index (κ2) is 10.1. The van der Waals surface area contributed by atoms with E-state index < -0.39 is 11.4 Å². The van der Waals surface area contributed by atoms with E-state index in [2.05, 4.69) is 16.5 Å². The summed E-state index contributed by atoms with van der Waals surface area (Å²) in [6.45, 7) is 10.6. The maximum Gasteiger partial charge on any atom is 0.410 e. The molecule has 190 valence electrons. The van der Waals surface area contributed by atoms with Crippen LogP contribution in [0, 0.1) is 19.7 Å². The molecule has 2 aromatic carbocycles. The first-order valence-corrected chi connectivity index (χ1v) is 12.2. The van der Waals surface area contributed by atoms with Gasteiger partial charge in [-0.05, 0) is 77.3 Å². The minimum Gasteiger partial charge on any atom is -0.444 e. The zero-order chi connectivity index (χ0) is 26.0. The van der Waals surface area contributed by atoms with Crippen molar-refractivity contribution in [1.82, 2.24) is 14.7 Å². The van der Waals surface area contributed by atoms with Crippen LogP contribution in [0.1, 0.15) is 66.7 Å². The number of nitrogens with zero attached hydrogens (tertiary/aromatic N) is 3. The van der Waals surface area contributed by atoms with Gasteiger partial charge in [0.1, 0.15) is 11.4 Å². The third kappa shape index (κ3) is 5.75. The number of carbonyl (C=O) groups is 2. The normalized spacial score (nSPS) is 14.6. The highest BCUT2D eigenvalue weighted by Crippen LogP contribution is 2.34. The molecule has 1 N–H and O–H groups in total. The molecular formula is C28H33FN4O3. The van der Waals surface area contributed by atoms with Crippen molar-refractivity contribution in [2.24, 2.45) is 0 Å². The van der Waals surface area contributed by atoms with Crippen molar-refractivity contribution in [3.63, 3.8) is 0 Å². The van der Waals surface area contributed by atoms with E-state index in [1.807, 2.05) is 51.4 Å². The number of aromatic nitrogens is 2. The Hall–Kier alpha value is -3.68. The molecule has 1 saturated heterocycles. The maximum atomic E-state index is 13.7. The lowest BCUT2D eigenvalue weighted by molar-refractivity contribution is 0.0203. The van der Waals surface area contributed by atoms with Gasteiger partial charge in [0, 0.05) is 24.7 Å². The molecule has 2 amide bonds. The summed E-state index contributed by atoms with van der Waals surface area (Å²) in [4.78, 5) is 27.6. The Morgan fingerprint density at radius 2 is 1.81 bits per heavy atom. The smallest absolute Gasteiger partial charge is 0.410 e. The van der Waals surface area contributed by atoms with E-state index in [1.54, 1.807) is 23.2 Å². The van der Waals surface area contributed by atoms with Crippen LogP contribution in [0.15, 0.2) is 48.7 Å². The van der Waals surface area contributed by atoms with E-state index in [4.69, 9.17) is 4.74 Å². The number of ether oxygens (including phenoxy) is 1. The van der Waals surface area contributed by atoms with Crippen molar-refractivity contribution in [3.8, 4) is 5.69 Å². The summed E-state index contributed by atoms with van der Waals surface area (Å²) < 4.78 is 21.1. The van der Waals surface area contributed by atoms with Gasteiger partial charge in [0.2, 0.25) is 0 Å². The van der Waals surface area contributed by atoms with Gasteiger partial charge in [-0.2, -0.15) is 5.10 Å². The molecule has 2 heterocycles. The molecule has 0 unspecified atom stereocenters.